The van der Waals surface area contributed by atoms with Crippen molar-refractivity contribution in [2.24, 2.45) is 11.7 Å². The Morgan fingerprint density at radius 3 is 2.43 bits per heavy atom. The fraction of sp³-hybridized carbons (Fsp3) is 0.300. The van der Waals surface area contributed by atoms with Crippen LogP contribution in [0.25, 0.3) is 10.8 Å². The van der Waals surface area contributed by atoms with Crippen molar-refractivity contribution in [1.29, 1.82) is 5.41 Å². The molecule has 4 rings (SSSR count). The maximum absolute atomic E-state index is 13.4. The van der Waals surface area contributed by atoms with Gasteiger partial charge in [0.1, 0.15) is 6.04 Å². The Kier molecular flexibility index (Phi) is 11.9. The summed E-state index contributed by atoms with van der Waals surface area (Å²) in [5, 5.41) is 21.9. The van der Waals surface area contributed by atoms with Crippen molar-refractivity contribution in [3.05, 3.63) is 72.3 Å². The Hall–Kier alpha value is -4.82. The number of nitrogens with zero attached hydrogens (tertiary/aromatic N) is 1. The second-order valence-corrected chi connectivity index (χ2v) is 11.9. The fourth-order valence-electron chi connectivity index (χ4n) is 4.81. The van der Waals surface area contributed by atoms with Crippen LogP contribution in [0.5, 0.6) is 0 Å². The van der Waals surface area contributed by atoms with Gasteiger partial charge in [-0.2, -0.15) is 4.72 Å². The van der Waals surface area contributed by atoms with Crippen LogP contribution in [0.4, 0.5) is 5.69 Å². The Morgan fingerprint density at radius 2 is 1.75 bits per heavy atom. The number of para-hydroxylation sites is 1. The van der Waals surface area contributed by atoms with E-state index in [-0.39, 0.29) is 34.6 Å². The average Bonchev–Trinajstić information content (AvgIpc) is 2.99. The molecule has 14 heteroatoms. The molecule has 2 atom stereocenters. The van der Waals surface area contributed by atoms with Gasteiger partial charge in [-0.15, -0.1) is 0 Å². The number of amides is 2. The molecular formula is C30H36N6O7S. The van der Waals surface area contributed by atoms with Crippen LogP contribution in [0.2, 0.25) is 0 Å². The van der Waals surface area contributed by atoms with Gasteiger partial charge in [0, 0.05) is 38.5 Å². The second-order valence-electron chi connectivity index (χ2n) is 10.2. The van der Waals surface area contributed by atoms with Gasteiger partial charge in [0.05, 0.1) is 10.6 Å². The quantitative estimate of drug-likeness (QED) is 0.0797. The van der Waals surface area contributed by atoms with E-state index in [9.17, 15) is 22.8 Å². The van der Waals surface area contributed by atoms with E-state index in [1.807, 2.05) is 12.1 Å². The molecule has 0 radical (unpaired) electrons. The number of nitrogens with one attached hydrogen (secondary N) is 4. The van der Waals surface area contributed by atoms with Crippen LogP contribution < -0.4 is 21.1 Å². The summed E-state index contributed by atoms with van der Waals surface area (Å²) in [7, 11) is -4.20. The Labute approximate surface area is 255 Å². The molecule has 3 aromatic rings. The van der Waals surface area contributed by atoms with Crippen LogP contribution in [0, 0.1) is 11.3 Å². The number of carbonyl (C=O) groups excluding carboxylic acids is 3. The number of hydrogen-bond donors (Lipinski definition) is 6. The maximum Gasteiger partial charge on any atom is 0.300 e. The number of benzene rings is 3. The van der Waals surface area contributed by atoms with Crippen molar-refractivity contribution in [3.8, 4) is 0 Å². The highest BCUT2D eigenvalue weighted by Crippen LogP contribution is 2.21. The number of rotatable bonds is 11. The SMILES string of the molecule is CC(=O)O.N=C(N)N1CCCC(CNC(=O)[C@@H](CC(=O)c2ccccc2NC=O)NS(=O)(=O)c2ccc3ccccc3c2)C1. The molecule has 0 saturated carbocycles. The summed E-state index contributed by atoms with van der Waals surface area (Å²) < 4.78 is 29.2. The molecule has 2 amide bonds. The molecular weight excluding hydrogens is 588 g/mol. The lowest BCUT2D eigenvalue weighted by Crippen LogP contribution is -2.50. The van der Waals surface area contributed by atoms with Crippen molar-refractivity contribution in [2.75, 3.05) is 25.0 Å². The van der Waals surface area contributed by atoms with Gasteiger partial charge in [-0.3, -0.25) is 24.6 Å². The molecule has 13 nitrogen and oxygen atoms in total. The number of likely N-dealkylation sites (tertiary alicyclic amines) is 1. The molecule has 1 fully saturated rings. The van der Waals surface area contributed by atoms with E-state index in [0.29, 0.717) is 24.9 Å². The summed E-state index contributed by atoms with van der Waals surface area (Å²) in [5.74, 6) is -2.04. The fourth-order valence-corrected chi connectivity index (χ4v) is 6.04. The summed E-state index contributed by atoms with van der Waals surface area (Å²) in [6.45, 7) is 2.47. The molecule has 0 bridgehead atoms. The zero-order chi connectivity index (χ0) is 32.3. The van der Waals surface area contributed by atoms with Crippen molar-refractivity contribution < 1.29 is 32.7 Å². The number of ketones is 1. The first-order chi connectivity index (χ1) is 20.9. The number of hydrogen-bond acceptors (Lipinski definition) is 7. The molecule has 3 aromatic carbocycles. The van der Waals surface area contributed by atoms with Crippen molar-refractivity contribution in [2.45, 2.75) is 37.1 Å². The smallest absolute Gasteiger partial charge is 0.300 e. The first kappa shape index (κ1) is 33.7. The van der Waals surface area contributed by atoms with Gasteiger partial charge in [-0.05, 0) is 53.8 Å². The number of fused-ring (bicyclic) bond motifs is 1. The van der Waals surface area contributed by atoms with Crippen LogP contribution in [0.3, 0.4) is 0 Å². The van der Waals surface area contributed by atoms with Gasteiger partial charge in [0.2, 0.25) is 22.3 Å². The highest BCUT2D eigenvalue weighted by atomic mass is 32.2. The maximum atomic E-state index is 13.4. The van der Waals surface area contributed by atoms with E-state index in [0.717, 1.165) is 25.2 Å². The van der Waals surface area contributed by atoms with Gasteiger partial charge in [0.25, 0.3) is 5.97 Å². The number of nitrogens with two attached hydrogens (primary N) is 1. The number of carboxylic acid groups (broad SMARTS) is 1. The molecule has 1 aliphatic rings. The number of anilines is 1. The molecule has 234 valence electrons. The first-order valence-electron chi connectivity index (χ1n) is 13.8. The molecule has 1 aliphatic heterocycles. The summed E-state index contributed by atoms with van der Waals surface area (Å²) in [6.07, 6.45) is 1.58. The van der Waals surface area contributed by atoms with E-state index < -0.39 is 40.1 Å². The van der Waals surface area contributed by atoms with E-state index in [1.165, 1.54) is 18.2 Å². The van der Waals surface area contributed by atoms with Crippen LogP contribution in [0.1, 0.15) is 36.5 Å². The number of guanidine groups is 1. The minimum atomic E-state index is -4.20. The van der Waals surface area contributed by atoms with Crippen LogP contribution in [-0.4, -0.2) is 74.1 Å². The molecule has 0 aromatic heterocycles. The molecule has 1 unspecified atom stereocenters. The predicted molar refractivity (Wildman–Crippen MR) is 166 cm³/mol. The van der Waals surface area contributed by atoms with E-state index >= 15 is 0 Å². The van der Waals surface area contributed by atoms with E-state index in [4.69, 9.17) is 21.0 Å². The highest BCUT2D eigenvalue weighted by Gasteiger charge is 2.30. The summed E-state index contributed by atoms with van der Waals surface area (Å²) in [6, 6.07) is 16.8. The van der Waals surface area contributed by atoms with E-state index in [1.54, 1.807) is 41.3 Å². The van der Waals surface area contributed by atoms with Crippen molar-refractivity contribution in [1.82, 2.24) is 14.9 Å². The van der Waals surface area contributed by atoms with Crippen LogP contribution >= 0.6 is 0 Å². The number of Topliss-reactive ketones (excluding diaryl/α,β-unsaturated/α-hetero) is 1. The van der Waals surface area contributed by atoms with Crippen LogP contribution in [0.15, 0.2) is 71.6 Å². The van der Waals surface area contributed by atoms with E-state index in [2.05, 4.69) is 15.4 Å². The molecule has 1 saturated heterocycles. The first-order valence-corrected chi connectivity index (χ1v) is 15.3. The Bertz CT molecular complexity index is 1620. The zero-order valence-electron chi connectivity index (χ0n) is 24.2. The second kappa shape index (κ2) is 15.6. The molecule has 44 heavy (non-hydrogen) atoms. The van der Waals surface area contributed by atoms with Gasteiger partial charge < -0.3 is 26.4 Å². The lowest BCUT2D eigenvalue weighted by atomic mass is 9.97. The third-order valence-electron chi connectivity index (χ3n) is 6.90. The topological polar surface area (TPSA) is 212 Å². The molecule has 7 N–H and O–H groups in total. The van der Waals surface area contributed by atoms with Crippen molar-refractivity contribution in [3.63, 3.8) is 0 Å². The average molecular weight is 625 g/mol. The van der Waals surface area contributed by atoms with Crippen molar-refractivity contribution >= 4 is 56.5 Å². The predicted octanol–water partition coefficient (Wildman–Crippen LogP) is 2.14. The minimum absolute atomic E-state index is 0.00700. The van der Waals surface area contributed by atoms with Gasteiger partial charge in [-0.1, -0.05) is 42.5 Å². The third kappa shape index (κ3) is 9.61. The largest absolute Gasteiger partial charge is 0.481 e. The Morgan fingerprint density at radius 1 is 1.09 bits per heavy atom. The number of aliphatic carboxylic acids is 1. The highest BCUT2D eigenvalue weighted by molar-refractivity contribution is 7.89. The number of carboxylic acids is 1. The lowest BCUT2D eigenvalue weighted by Gasteiger charge is -2.33. The third-order valence-corrected chi connectivity index (χ3v) is 8.37. The van der Waals surface area contributed by atoms with Gasteiger partial charge in [-0.25, -0.2) is 8.42 Å². The number of piperidine rings is 1. The standard InChI is InChI=1S/C28H32N6O5S.C2H4O2/c29-28(30)34-13-5-6-19(17-34)16-31-27(37)25(15-26(36)23-9-3-4-10-24(23)32-18-35)33-40(38,39)22-12-11-20-7-1-2-8-21(20)14-22;1-2(3)4/h1-4,7-12,14,18-19,25,33H,5-6,13,15-17H2,(H3,29,30)(H,31,37)(H,32,35);1H3,(H,3,4)/t19?,25-;/m1./s1. The summed E-state index contributed by atoms with van der Waals surface area (Å²) >= 11 is 0. The van der Waals surface area contributed by atoms with Gasteiger partial charge in [0.15, 0.2) is 11.7 Å². The molecule has 0 aliphatic carbocycles. The zero-order valence-corrected chi connectivity index (χ0v) is 25.0. The number of carbonyl (C=O) groups is 4. The summed E-state index contributed by atoms with van der Waals surface area (Å²) in [4.78, 5) is 48.3. The summed E-state index contributed by atoms with van der Waals surface area (Å²) in [5.41, 5.74) is 6.03. The molecule has 1 heterocycles. The Balaban J connectivity index is 0.00000124. The minimum Gasteiger partial charge on any atom is -0.481 e. The lowest BCUT2D eigenvalue weighted by molar-refractivity contribution is -0.134. The monoisotopic (exact) mass is 624 g/mol. The van der Waals surface area contributed by atoms with Crippen LogP contribution in [-0.2, 0) is 24.4 Å². The number of sulfonamides is 1. The normalized spacial score (nSPS) is 15.3. The van der Waals surface area contributed by atoms with Gasteiger partial charge >= 0.3 is 0 Å². The molecule has 0 spiro atoms.